The van der Waals surface area contributed by atoms with Crippen molar-refractivity contribution in [2.75, 3.05) is 11.7 Å². The Bertz CT molecular complexity index is 1310. The van der Waals surface area contributed by atoms with Crippen molar-refractivity contribution in [3.05, 3.63) is 89.0 Å². The van der Waals surface area contributed by atoms with E-state index in [9.17, 15) is 13.2 Å². The van der Waals surface area contributed by atoms with Crippen LogP contribution in [0.1, 0.15) is 15.9 Å². The van der Waals surface area contributed by atoms with E-state index in [2.05, 4.69) is 0 Å². The van der Waals surface area contributed by atoms with Crippen LogP contribution >= 0.6 is 0 Å². The molecule has 6 nitrogen and oxygen atoms in total. The van der Waals surface area contributed by atoms with Crippen molar-refractivity contribution < 1.29 is 22.7 Å². The summed E-state index contributed by atoms with van der Waals surface area (Å²) in [7, 11) is -3.98. The SMILES string of the molecule is Cc1ccc(C(=O)C2=CN(c3ccc4c(c3)OCO4)c3ccccc3S2(=O)=O)cc1. The van der Waals surface area contributed by atoms with Crippen molar-refractivity contribution in [3.8, 4) is 11.5 Å². The summed E-state index contributed by atoms with van der Waals surface area (Å²) in [5.41, 5.74) is 2.44. The van der Waals surface area contributed by atoms with E-state index < -0.39 is 15.6 Å². The van der Waals surface area contributed by atoms with Gasteiger partial charge < -0.3 is 14.4 Å². The highest BCUT2D eigenvalue weighted by molar-refractivity contribution is 7.96. The molecule has 0 fully saturated rings. The molecule has 30 heavy (non-hydrogen) atoms. The minimum Gasteiger partial charge on any atom is -0.454 e. The number of allylic oxidation sites excluding steroid dienone is 1. The Balaban J connectivity index is 1.68. The molecule has 0 radical (unpaired) electrons. The van der Waals surface area contributed by atoms with Gasteiger partial charge in [-0.05, 0) is 31.2 Å². The topological polar surface area (TPSA) is 72.9 Å². The molecular weight excluding hydrogens is 402 g/mol. The Morgan fingerprint density at radius 2 is 1.67 bits per heavy atom. The van der Waals surface area contributed by atoms with E-state index in [1.165, 1.54) is 12.3 Å². The number of benzene rings is 3. The standard InChI is InChI=1S/C23H17NO5S/c1-15-6-8-16(9-7-15)23(25)22-13-24(17-10-11-19-20(12-17)29-14-28-19)18-4-2-3-5-21(18)30(22,26)27/h2-13H,14H2,1H3. The molecule has 3 aromatic carbocycles. The zero-order chi connectivity index (χ0) is 20.9. The van der Waals surface area contributed by atoms with Crippen molar-refractivity contribution in [1.82, 2.24) is 0 Å². The molecule has 0 amide bonds. The maximum atomic E-state index is 13.3. The van der Waals surface area contributed by atoms with Crippen LogP contribution in [-0.2, 0) is 9.84 Å². The van der Waals surface area contributed by atoms with Gasteiger partial charge in [0, 0.05) is 23.5 Å². The molecule has 150 valence electrons. The first-order valence-corrected chi connectivity index (χ1v) is 10.8. The highest BCUT2D eigenvalue weighted by Crippen LogP contribution is 2.43. The van der Waals surface area contributed by atoms with Gasteiger partial charge in [0.25, 0.3) is 0 Å². The molecule has 0 aliphatic carbocycles. The number of ketones is 1. The van der Waals surface area contributed by atoms with Gasteiger partial charge in [0.05, 0.1) is 10.6 Å². The van der Waals surface area contributed by atoms with Crippen LogP contribution in [-0.4, -0.2) is 21.0 Å². The van der Waals surface area contributed by atoms with Crippen molar-refractivity contribution >= 4 is 27.0 Å². The maximum absolute atomic E-state index is 13.3. The molecule has 0 saturated carbocycles. The number of aryl methyl sites for hydroxylation is 1. The Morgan fingerprint density at radius 3 is 2.47 bits per heavy atom. The Morgan fingerprint density at radius 1 is 0.933 bits per heavy atom. The lowest BCUT2D eigenvalue weighted by Crippen LogP contribution is -2.25. The molecule has 0 aromatic heterocycles. The number of hydrogen-bond donors (Lipinski definition) is 0. The lowest BCUT2D eigenvalue weighted by molar-refractivity contribution is 0.104. The fraction of sp³-hybridized carbons (Fsp3) is 0.0870. The third kappa shape index (κ3) is 2.86. The van der Waals surface area contributed by atoms with Crippen LogP contribution in [0, 0.1) is 6.92 Å². The quantitative estimate of drug-likeness (QED) is 0.587. The maximum Gasteiger partial charge on any atom is 0.231 e. The molecule has 7 heteroatoms. The summed E-state index contributed by atoms with van der Waals surface area (Å²) in [4.78, 5) is 14.7. The van der Waals surface area contributed by atoms with Crippen molar-refractivity contribution in [2.24, 2.45) is 0 Å². The summed E-state index contributed by atoms with van der Waals surface area (Å²) in [6.45, 7) is 2.04. The van der Waals surface area contributed by atoms with Gasteiger partial charge in [-0.2, -0.15) is 0 Å². The molecule has 0 N–H and O–H groups in total. The highest BCUT2D eigenvalue weighted by atomic mass is 32.2. The summed E-state index contributed by atoms with van der Waals surface area (Å²) < 4.78 is 37.4. The minimum atomic E-state index is -3.98. The molecule has 0 atom stereocenters. The van der Waals surface area contributed by atoms with Crippen LogP contribution in [0.25, 0.3) is 0 Å². The number of fused-ring (bicyclic) bond motifs is 2. The van der Waals surface area contributed by atoms with Crippen molar-refractivity contribution in [3.63, 3.8) is 0 Å². The van der Waals surface area contributed by atoms with E-state index in [1.807, 2.05) is 6.92 Å². The number of sulfone groups is 1. The monoisotopic (exact) mass is 419 g/mol. The third-order valence-electron chi connectivity index (χ3n) is 5.12. The first-order chi connectivity index (χ1) is 14.4. The molecule has 0 saturated heterocycles. The number of carbonyl (C=O) groups is 1. The highest BCUT2D eigenvalue weighted by Gasteiger charge is 2.36. The van der Waals surface area contributed by atoms with Crippen LogP contribution in [0.15, 0.2) is 82.7 Å². The van der Waals surface area contributed by atoms with Crippen molar-refractivity contribution in [2.45, 2.75) is 11.8 Å². The Labute approximate surface area is 173 Å². The van der Waals surface area contributed by atoms with Gasteiger partial charge in [-0.25, -0.2) is 8.42 Å². The zero-order valence-corrected chi connectivity index (χ0v) is 16.8. The number of hydrogen-bond acceptors (Lipinski definition) is 6. The third-order valence-corrected chi connectivity index (χ3v) is 6.92. The molecule has 0 spiro atoms. The number of ether oxygens (including phenoxy) is 2. The number of carbonyl (C=O) groups excluding carboxylic acids is 1. The van der Waals surface area contributed by atoms with Gasteiger partial charge in [0.15, 0.2) is 11.5 Å². The smallest absolute Gasteiger partial charge is 0.231 e. The molecule has 2 aliphatic rings. The van der Waals surface area contributed by atoms with E-state index in [0.717, 1.165) is 5.56 Å². The number of anilines is 2. The molecule has 0 bridgehead atoms. The largest absolute Gasteiger partial charge is 0.454 e. The van der Waals surface area contributed by atoms with Gasteiger partial charge >= 0.3 is 0 Å². The zero-order valence-electron chi connectivity index (χ0n) is 16.0. The molecular formula is C23H17NO5S. The molecule has 3 aromatic rings. The van der Waals surface area contributed by atoms with E-state index in [0.29, 0.717) is 28.4 Å². The van der Waals surface area contributed by atoms with Crippen molar-refractivity contribution in [1.29, 1.82) is 0 Å². The second-order valence-electron chi connectivity index (χ2n) is 7.07. The van der Waals surface area contributed by atoms with Crippen LogP contribution < -0.4 is 14.4 Å². The molecule has 5 rings (SSSR count). The lowest BCUT2D eigenvalue weighted by atomic mass is 10.1. The van der Waals surface area contributed by atoms with Crippen LogP contribution in [0.4, 0.5) is 11.4 Å². The number of Topliss-reactive ketones (excluding diaryl/α,β-unsaturated/α-hetero) is 1. The van der Waals surface area contributed by atoms with Gasteiger partial charge in [-0.1, -0.05) is 42.0 Å². The summed E-state index contributed by atoms with van der Waals surface area (Å²) in [5.74, 6) is 0.644. The Hall–Kier alpha value is -3.58. The summed E-state index contributed by atoms with van der Waals surface area (Å²) in [6, 6.07) is 18.8. The predicted molar refractivity (Wildman–Crippen MR) is 112 cm³/mol. The molecule has 0 unspecified atom stereocenters. The van der Waals surface area contributed by atoms with E-state index >= 15 is 0 Å². The minimum absolute atomic E-state index is 0.0839. The second kappa shape index (κ2) is 6.74. The van der Waals surface area contributed by atoms with Gasteiger partial charge in [-0.3, -0.25) is 4.79 Å². The lowest BCUT2D eigenvalue weighted by Gasteiger charge is -2.29. The first kappa shape index (κ1) is 18.4. The first-order valence-electron chi connectivity index (χ1n) is 9.31. The average Bonchev–Trinajstić information content (AvgIpc) is 3.22. The predicted octanol–water partition coefficient (Wildman–Crippen LogP) is 4.37. The van der Waals surface area contributed by atoms with Gasteiger partial charge in [-0.15, -0.1) is 0 Å². The summed E-state index contributed by atoms with van der Waals surface area (Å²) in [6.07, 6.45) is 1.39. The molecule has 2 aliphatic heterocycles. The van der Waals surface area contributed by atoms with E-state index in [-0.39, 0.29) is 16.6 Å². The fourth-order valence-corrected chi connectivity index (χ4v) is 5.08. The van der Waals surface area contributed by atoms with E-state index in [1.54, 1.807) is 65.6 Å². The normalized spacial score (nSPS) is 16.0. The van der Waals surface area contributed by atoms with Crippen LogP contribution in [0.5, 0.6) is 11.5 Å². The summed E-state index contributed by atoms with van der Waals surface area (Å²) in [5, 5.41) is 0. The fourth-order valence-electron chi connectivity index (χ4n) is 3.53. The van der Waals surface area contributed by atoms with Crippen LogP contribution in [0.2, 0.25) is 0 Å². The average molecular weight is 419 g/mol. The van der Waals surface area contributed by atoms with Gasteiger partial charge in [0.1, 0.15) is 4.91 Å². The van der Waals surface area contributed by atoms with E-state index in [4.69, 9.17) is 9.47 Å². The second-order valence-corrected chi connectivity index (χ2v) is 8.95. The summed E-state index contributed by atoms with van der Waals surface area (Å²) >= 11 is 0. The Kier molecular flexibility index (Phi) is 4.15. The number of nitrogens with zero attached hydrogens (tertiary/aromatic N) is 1. The number of para-hydroxylation sites is 1. The van der Waals surface area contributed by atoms with Crippen LogP contribution in [0.3, 0.4) is 0 Å². The number of rotatable bonds is 3. The van der Waals surface area contributed by atoms with Gasteiger partial charge in [0.2, 0.25) is 22.4 Å². The molecule has 2 heterocycles.